The van der Waals surface area contributed by atoms with Gasteiger partial charge in [0.05, 0.1) is 17.5 Å². The van der Waals surface area contributed by atoms with Crippen LogP contribution in [0.5, 0.6) is 0 Å². The maximum absolute atomic E-state index is 13.3. The highest BCUT2D eigenvalue weighted by atomic mass is 16.2. The molecule has 2 fully saturated rings. The van der Waals surface area contributed by atoms with Crippen molar-refractivity contribution < 1.29 is 9.59 Å². The summed E-state index contributed by atoms with van der Waals surface area (Å²) in [4.78, 5) is 42.4. The van der Waals surface area contributed by atoms with Gasteiger partial charge in [0, 0.05) is 49.5 Å². The number of likely N-dealkylation sites (tertiary alicyclic amines) is 2. The molecule has 1 N–H and O–H groups in total. The molecule has 2 aromatic heterocycles. The van der Waals surface area contributed by atoms with Crippen LogP contribution in [0.15, 0.2) is 59.4 Å². The van der Waals surface area contributed by atoms with Crippen molar-refractivity contribution in [1.29, 1.82) is 0 Å². The van der Waals surface area contributed by atoms with Crippen molar-refractivity contribution in [3.8, 4) is 0 Å². The lowest BCUT2D eigenvalue weighted by Crippen LogP contribution is -2.45. The molecule has 4 aromatic rings. The van der Waals surface area contributed by atoms with E-state index in [1.54, 1.807) is 6.07 Å². The standard InChI is InChI=1S/C28H29N5O3/c1-31-23-9-5-2-6-19(23)16-24(31)27(36)32-13-10-28(11-14-32)12-15-33(18-28)25(34)17-22-20-7-3-4-8-21(20)26(35)30-29-22/h2-9,16H,10-15,17-18H2,1H3,(H,30,35). The van der Waals surface area contributed by atoms with Gasteiger partial charge in [0.1, 0.15) is 5.69 Å². The van der Waals surface area contributed by atoms with Gasteiger partial charge in [0.2, 0.25) is 5.91 Å². The summed E-state index contributed by atoms with van der Waals surface area (Å²) >= 11 is 0. The Kier molecular flexibility index (Phi) is 5.39. The van der Waals surface area contributed by atoms with E-state index in [1.807, 2.05) is 69.9 Å². The minimum Gasteiger partial charge on any atom is -0.342 e. The Morgan fingerprint density at radius 2 is 1.61 bits per heavy atom. The van der Waals surface area contributed by atoms with Gasteiger partial charge in [-0.15, -0.1) is 0 Å². The third-order valence-electron chi connectivity index (χ3n) is 8.17. The van der Waals surface area contributed by atoms with E-state index in [4.69, 9.17) is 0 Å². The zero-order chi connectivity index (χ0) is 24.9. The van der Waals surface area contributed by atoms with Crippen LogP contribution < -0.4 is 5.56 Å². The summed E-state index contributed by atoms with van der Waals surface area (Å²) in [6.45, 7) is 2.84. The largest absolute Gasteiger partial charge is 0.342 e. The lowest BCUT2D eigenvalue weighted by atomic mass is 9.77. The van der Waals surface area contributed by atoms with Gasteiger partial charge in [0.25, 0.3) is 11.5 Å². The Hall–Kier alpha value is -3.94. The van der Waals surface area contributed by atoms with E-state index in [-0.39, 0.29) is 29.2 Å². The molecule has 1 spiro atoms. The number of aromatic amines is 1. The lowest BCUT2D eigenvalue weighted by molar-refractivity contribution is -0.130. The average molecular weight is 484 g/mol. The number of aromatic nitrogens is 3. The van der Waals surface area contributed by atoms with Crippen molar-refractivity contribution in [2.75, 3.05) is 26.2 Å². The van der Waals surface area contributed by atoms with Gasteiger partial charge in [-0.3, -0.25) is 14.4 Å². The highest BCUT2D eigenvalue weighted by molar-refractivity contribution is 5.98. The number of piperidine rings is 1. The third kappa shape index (κ3) is 3.77. The van der Waals surface area contributed by atoms with Crippen molar-refractivity contribution in [3.63, 3.8) is 0 Å². The number of fused-ring (bicyclic) bond motifs is 2. The Morgan fingerprint density at radius 3 is 2.36 bits per heavy atom. The molecule has 184 valence electrons. The lowest BCUT2D eigenvalue weighted by Gasteiger charge is -2.39. The first-order chi connectivity index (χ1) is 17.4. The molecule has 0 radical (unpaired) electrons. The van der Waals surface area contributed by atoms with E-state index in [2.05, 4.69) is 10.2 Å². The number of amides is 2. The Morgan fingerprint density at radius 1 is 0.944 bits per heavy atom. The van der Waals surface area contributed by atoms with E-state index in [1.165, 1.54) is 0 Å². The molecule has 2 aromatic carbocycles. The molecule has 0 unspecified atom stereocenters. The van der Waals surface area contributed by atoms with Gasteiger partial charge >= 0.3 is 0 Å². The van der Waals surface area contributed by atoms with Crippen LogP contribution in [0.25, 0.3) is 21.7 Å². The van der Waals surface area contributed by atoms with Crippen molar-refractivity contribution in [3.05, 3.63) is 76.3 Å². The van der Waals surface area contributed by atoms with E-state index in [0.717, 1.165) is 47.8 Å². The summed E-state index contributed by atoms with van der Waals surface area (Å²) in [5, 5.41) is 9.05. The number of carbonyl (C=O) groups is 2. The zero-order valence-electron chi connectivity index (χ0n) is 20.4. The van der Waals surface area contributed by atoms with E-state index >= 15 is 0 Å². The second-order valence-corrected chi connectivity index (χ2v) is 10.2. The first kappa shape index (κ1) is 22.5. The quantitative estimate of drug-likeness (QED) is 0.485. The Balaban J connectivity index is 1.11. The Bertz CT molecular complexity index is 1540. The average Bonchev–Trinajstić information content (AvgIpc) is 3.47. The van der Waals surface area contributed by atoms with E-state index in [0.29, 0.717) is 30.7 Å². The molecule has 0 saturated carbocycles. The zero-order valence-corrected chi connectivity index (χ0v) is 20.4. The number of benzene rings is 2. The predicted octanol–water partition coefficient (Wildman–Crippen LogP) is 3.11. The number of aryl methyl sites for hydroxylation is 1. The number of hydrogen-bond donors (Lipinski definition) is 1. The number of nitrogens with zero attached hydrogens (tertiary/aromatic N) is 4. The van der Waals surface area contributed by atoms with Crippen LogP contribution in [0.2, 0.25) is 0 Å². The van der Waals surface area contributed by atoms with Gasteiger partial charge in [-0.2, -0.15) is 5.10 Å². The molecular weight excluding hydrogens is 454 g/mol. The maximum atomic E-state index is 13.3. The number of rotatable bonds is 3. The molecule has 8 heteroatoms. The molecule has 4 heterocycles. The van der Waals surface area contributed by atoms with Gasteiger partial charge in [0.15, 0.2) is 0 Å². The first-order valence-corrected chi connectivity index (χ1v) is 12.5. The van der Waals surface area contributed by atoms with Crippen LogP contribution in [-0.4, -0.2) is 62.6 Å². The van der Waals surface area contributed by atoms with E-state index in [9.17, 15) is 14.4 Å². The normalized spacial score (nSPS) is 17.4. The van der Waals surface area contributed by atoms with Crippen molar-refractivity contribution in [2.24, 2.45) is 12.5 Å². The molecule has 2 aliphatic rings. The minimum atomic E-state index is -0.244. The molecule has 2 amide bonds. The summed E-state index contributed by atoms with van der Waals surface area (Å²) in [7, 11) is 1.95. The predicted molar refractivity (Wildman–Crippen MR) is 138 cm³/mol. The third-order valence-corrected chi connectivity index (χ3v) is 8.17. The summed E-state index contributed by atoms with van der Waals surface area (Å²) < 4.78 is 1.98. The second-order valence-electron chi connectivity index (χ2n) is 10.2. The summed E-state index contributed by atoms with van der Waals surface area (Å²) in [5.41, 5.74) is 2.20. The number of para-hydroxylation sites is 1. The number of nitrogens with one attached hydrogen (secondary N) is 1. The summed E-state index contributed by atoms with van der Waals surface area (Å²) in [6, 6.07) is 17.3. The number of H-pyrrole nitrogens is 1. The molecule has 0 aliphatic carbocycles. The SMILES string of the molecule is Cn1c(C(=O)N2CCC3(CCN(C(=O)Cc4n[nH]c(=O)c5ccccc45)C3)CC2)cc2ccccc21. The topological polar surface area (TPSA) is 91.3 Å². The monoisotopic (exact) mass is 483 g/mol. The van der Waals surface area contributed by atoms with Crippen LogP contribution in [0, 0.1) is 5.41 Å². The second kappa shape index (κ2) is 8.62. The van der Waals surface area contributed by atoms with Crippen LogP contribution in [0.4, 0.5) is 0 Å². The van der Waals surface area contributed by atoms with Crippen molar-refractivity contribution >= 4 is 33.5 Å². The highest BCUT2D eigenvalue weighted by Crippen LogP contribution is 2.41. The van der Waals surface area contributed by atoms with Gasteiger partial charge < -0.3 is 14.4 Å². The minimum absolute atomic E-state index is 0.0329. The van der Waals surface area contributed by atoms with Crippen LogP contribution in [0.3, 0.4) is 0 Å². The fourth-order valence-electron chi connectivity index (χ4n) is 5.96. The number of carbonyl (C=O) groups excluding carboxylic acids is 2. The molecule has 0 bridgehead atoms. The molecule has 36 heavy (non-hydrogen) atoms. The Labute approximate surface area is 208 Å². The molecule has 2 aliphatic heterocycles. The van der Waals surface area contributed by atoms with Gasteiger partial charge in [-0.05, 0) is 42.9 Å². The summed E-state index contributed by atoms with van der Waals surface area (Å²) in [5.74, 6) is 0.107. The molecule has 8 nitrogen and oxygen atoms in total. The number of hydrogen-bond acceptors (Lipinski definition) is 4. The van der Waals surface area contributed by atoms with Gasteiger partial charge in [-0.1, -0.05) is 36.4 Å². The van der Waals surface area contributed by atoms with E-state index < -0.39 is 0 Å². The van der Waals surface area contributed by atoms with Crippen LogP contribution in [0.1, 0.15) is 35.4 Å². The molecule has 6 rings (SSSR count). The fraction of sp³-hybridized carbons (Fsp3) is 0.357. The fourth-order valence-corrected chi connectivity index (χ4v) is 5.96. The highest BCUT2D eigenvalue weighted by Gasteiger charge is 2.43. The van der Waals surface area contributed by atoms with Crippen molar-refractivity contribution in [2.45, 2.75) is 25.7 Å². The molecule has 2 saturated heterocycles. The van der Waals surface area contributed by atoms with Crippen LogP contribution in [-0.2, 0) is 18.3 Å². The van der Waals surface area contributed by atoms with Crippen LogP contribution >= 0.6 is 0 Å². The maximum Gasteiger partial charge on any atom is 0.272 e. The van der Waals surface area contributed by atoms with Gasteiger partial charge in [-0.25, -0.2) is 5.10 Å². The molecule has 0 atom stereocenters. The van der Waals surface area contributed by atoms with Crippen molar-refractivity contribution in [1.82, 2.24) is 24.6 Å². The smallest absolute Gasteiger partial charge is 0.272 e. The molecular formula is C28H29N5O3. The first-order valence-electron chi connectivity index (χ1n) is 12.5. The summed E-state index contributed by atoms with van der Waals surface area (Å²) in [6.07, 6.45) is 2.91.